The molecule has 2 amide bonds. The normalized spacial score (nSPS) is 16.6. The molecule has 0 saturated heterocycles. The van der Waals surface area contributed by atoms with Crippen LogP contribution >= 0.6 is 0 Å². The van der Waals surface area contributed by atoms with Gasteiger partial charge in [-0.2, -0.15) is 5.10 Å². The minimum atomic E-state index is -1.12. The van der Waals surface area contributed by atoms with Crippen molar-refractivity contribution in [2.24, 2.45) is 10.8 Å². The van der Waals surface area contributed by atoms with Gasteiger partial charge in [0.15, 0.2) is 0 Å². The quantitative estimate of drug-likeness (QED) is 0.655. The third-order valence-corrected chi connectivity index (χ3v) is 2.45. The van der Waals surface area contributed by atoms with E-state index in [2.05, 4.69) is 10.5 Å². The number of carbonyl (C=O) groups excluding carboxylic acids is 1. The van der Waals surface area contributed by atoms with Gasteiger partial charge in [-0.25, -0.2) is 15.0 Å². The molecule has 0 saturated carbocycles. The van der Waals surface area contributed by atoms with E-state index in [0.717, 1.165) is 6.42 Å². The van der Waals surface area contributed by atoms with Crippen LogP contribution in [0.3, 0.4) is 0 Å². The van der Waals surface area contributed by atoms with E-state index in [1.807, 2.05) is 0 Å². The van der Waals surface area contributed by atoms with Gasteiger partial charge in [0, 0.05) is 18.1 Å². The van der Waals surface area contributed by atoms with E-state index >= 15 is 0 Å². The summed E-state index contributed by atoms with van der Waals surface area (Å²) in [4.78, 5) is 21.3. The molecule has 0 atom stereocenters. The Morgan fingerprint density at radius 3 is 2.88 bits per heavy atom. The highest BCUT2D eigenvalue weighted by atomic mass is 16.4. The van der Waals surface area contributed by atoms with Crippen molar-refractivity contribution in [3.05, 3.63) is 23.2 Å². The second-order valence-electron chi connectivity index (χ2n) is 3.64. The first kappa shape index (κ1) is 11.2. The standard InChI is InChI=1S/C10H11N3O4/c11-10(16)13-12-6-2-1-3-7-5(6)4-8(17-7)9(14)15/h4H,1-3H2,(H,14,15)(H3,11,13,16). The molecule has 7 nitrogen and oxygen atoms in total. The van der Waals surface area contributed by atoms with Gasteiger partial charge in [-0.3, -0.25) is 0 Å². The number of hydrogen-bond acceptors (Lipinski definition) is 4. The number of rotatable bonds is 2. The minimum absolute atomic E-state index is 0.122. The van der Waals surface area contributed by atoms with Crippen LogP contribution in [0.1, 0.15) is 34.7 Å². The van der Waals surface area contributed by atoms with Crippen molar-refractivity contribution >= 4 is 17.7 Å². The van der Waals surface area contributed by atoms with E-state index in [1.54, 1.807) is 0 Å². The summed E-state index contributed by atoms with van der Waals surface area (Å²) in [6.07, 6.45) is 2.10. The van der Waals surface area contributed by atoms with Crippen LogP contribution in [0.4, 0.5) is 4.79 Å². The molecule has 0 spiro atoms. The van der Waals surface area contributed by atoms with Crippen LogP contribution in [-0.4, -0.2) is 22.8 Å². The molecule has 4 N–H and O–H groups in total. The van der Waals surface area contributed by atoms with E-state index in [9.17, 15) is 9.59 Å². The summed E-state index contributed by atoms with van der Waals surface area (Å²) in [5, 5.41) is 12.7. The summed E-state index contributed by atoms with van der Waals surface area (Å²) >= 11 is 0. The average molecular weight is 237 g/mol. The van der Waals surface area contributed by atoms with Crippen molar-refractivity contribution in [3.63, 3.8) is 0 Å². The largest absolute Gasteiger partial charge is 0.475 e. The van der Waals surface area contributed by atoms with Crippen LogP contribution in [0.5, 0.6) is 0 Å². The Morgan fingerprint density at radius 2 is 2.24 bits per heavy atom. The number of fused-ring (bicyclic) bond motifs is 1. The fourth-order valence-electron chi connectivity index (χ4n) is 1.75. The molecule has 0 radical (unpaired) electrons. The molecule has 1 aromatic heterocycles. The van der Waals surface area contributed by atoms with E-state index in [-0.39, 0.29) is 5.76 Å². The maximum Gasteiger partial charge on any atom is 0.371 e. The third-order valence-electron chi connectivity index (χ3n) is 2.45. The van der Waals surface area contributed by atoms with Gasteiger partial charge in [0.05, 0.1) is 5.71 Å². The first-order valence-corrected chi connectivity index (χ1v) is 5.06. The van der Waals surface area contributed by atoms with Crippen LogP contribution in [0, 0.1) is 0 Å². The summed E-state index contributed by atoms with van der Waals surface area (Å²) in [5.74, 6) is -0.663. The fourth-order valence-corrected chi connectivity index (χ4v) is 1.75. The van der Waals surface area contributed by atoms with Gasteiger partial charge >= 0.3 is 12.0 Å². The van der Waals surface area contributed by atoms with Gasteiger partial charge in [0.25, 0.3) is 0 Å². The zero-order valence-electron chi connectivity index (χ0n) is 8.90. The minimum Gasteiger partial charge on any atom is -0.475 e. The van der Waals surface area contributed by atoms with E-state index in [0.29, 0.717) is 29.9 Å². The van der Waals surface area contributed by atoms with Crippen LogP contribution in [0.25, 0.3) is 0 Å². The molecule has 17 heavy (non-hydrogen) atoms. The molecule has 0 aliphatic heterocycles. The van der Waals surface area contributed by atoms with Crippen molar-refractivity contribution in [1.29, 1.82) is 0 Å². The number of furan rings is 1. The van der Waals surface area contributed by atoms with Crippen LogP contribution < -0.4 is 11.2 Å². The maximum atomic E-state index is 10.8. The van der Waals surface area contributed by atoms with Crippen molar-refractivity contribution in [1.82, 2.24) is 5.43 Å². The molecule has 0 bridgehead atoms. The Hall–Kier alpha value is -2.31. The predicted octanol–water partition coefficient (Wildman–Crippen LogP) is 0.686. The Morgan fingerprint density at radius 1 is 1.47 bits per heavy atom. The number of carboxylic acids is 1. The van der Waals surface area contributed by atoms with Crippen molar-refractivity contribution in [2.75, 3.05) is 0 Å². The molecule has 2 rings (SSSR count). The lowest BCUT2D eigenvalue weighted by atomic mass is 9.96. The topological polar surface area (TPSA) is 118 Å². The van der Waals surface area contributed by atoms with Gasteiger partial charge in [0.1, 0.15) is 5.76 Å². The molecule has 90 valence electrons. The van der Waals surface area contributed by atoms with Crippen LogP contribution in [0.15, 0.2) is 15.6 Å². The first-order valence-electron chi connectivity index (χ1n) is 5.06. The van der Waals surface area contributed by atoms with E-state index in [1.165, 1.54) is 6.07 Å². The molecule has 1 aliphatic rings. The Bertz CT molecular complexity index is 504. The highest BCUT2D eigenvalue weighted by Crippen LogP contribution is 2.25. The average Bonchev–Trinajstić information content (AvgIpc) is 2.70. The summed E-state index contributed by atoms with van der Waals surface area (Å²) < 4.78 is 5.18. The smallest absolute Gasteiger partial charge is 0.371 e. The number of nitrogens with one attached hydrogen (secondary N) is 1. The van der Waals surface area contributed by atoms with Gasteiger partial charge in [-0.15, -0.1) is 0 Å². The second-order valence-corrected chi connectivity index (χ2v) is 3.64. The Kier molecular flexibility index (Phi) is 2.82. The van der Waals surface area contributed by atoms with Gasteiger partial charge in [0.2, 0.25) is 5.76 Å². The lowest BCUT2D eigenvalue weighted by molar-refractivity contribution is 0.0660. The fraction of sp³-hybridized carbons (Fsp3) is 0.300. The van der Waals surface area contributed by atoms with E-state index in [4.69, 9.17) is 15.3 Å². The first-order chi connectivity index (χ1) is 8.08. The number of nitrogens with two attached hydrogens (primary N) is 1. The number of aromatic carboxylic acids is 1. The second kappa shape index (κ2) is 4.28. The summed E-state index contributed by atoms with van der Waals surface area (Å²) in [7, 11) is 0. The van der Waals surface area contributed by atoms with Gasteiger partial charge in [-0.1, -0.05) is 0 Å². The molecule has 1 aliphatic carbocycles. The highest BCUT2D eigenvalue weighted by Gasteiger charge is 2.23. The molecule has 1 heterocycles. The van der Waals surface area contributed by atoms with Crippen molar-refractivity contribution in [2.45, 2.75) is 19.3 Å². The van der Waals surface area contributed by atoms with E-state index < -0.39 is 12.0 Å². The number of carbonyl (C=O) groups is 2. The van der Waals surface area contributed by atoms with Crippen LogP contribution in [0.2, 0.25) is 0 Å². The maximum absolute atomic E-state index is 10.8. The lowest BCUT2D eigenvalue weighted by Crippen LogP contribution is -2.26. The van der Waals surface area contributed by atoms with Crippen molar-refractivity contribution in [3.8, 4) is 0 Å². The number of nitrogens with zero attached hydrogens (tertiary/aromatic N) is 1. The number of hydrogen-bond donors (Lipinski definition) is 3. The predicted molar refractivity (Wildman–Crippen MR) is 57.9 cm³/mol. The Balaban J connectivity index is 2.33. The zero-order valence-corrected chi connectivity index (χ0v) is 8.90. The number of carboxylic acid groups (broad SMARTS) is 1. The van der Waals surface area contributed by atoms with Gasteiger partial charge < -0.3 is 15.3 Å². The number of urea groups is 1. The number of aryl methyl sites for hydroxylation is 1. The highest BCUT2D eigenvalue weighted by molar-refractivity contribution is 6.04. The SMILES string of the molecule is NC(=O)NN=C1CCCc2oc(C(=O)O)cc21. The Labute approximate surface area is 96.3 Å². The number of amides is 2. The summed E-state index contributed by atoms with van der Waals surface area (Å²) in [6.45, 7) is 0. The monoisotopic (exact) mass is 237 g/mol. The number of hydrazone groups is 1. The molecule has 0 fully saturated rings. The molecule has 0 aromatic carbocycles. The lowest BCUT2D eigenvalue weighted by Gasteiger charge is -2.11. The number of primary amides is 1. The molecule has 1 aromatic rings. The summed E-state index contributed by atoms with van der Waals surface area (Å²) in [5.41, 5.74) is 8.25. The molecule has 0 unspecified atom stereocenters. The van der Waals surface area contributed by atoms with Crippen LogP contribution in [-0.2, 0) is 6.42 Å². The molecular weight excluding hydrogens is 226 g/mol. The summed E-state index contributed by atoms with van der Waals surface area (Å²) in [6, 6.07) is 0.657. The molecular formula is C10H11N3O4. The molecule has 7 heteroatoms. The van der Waals surface area contributed by atoms with Gasteiger partial charge in [-0.05, 0) is 12.8 Å². The van der Waals surface area contributed by atoms with Crippen molar-refractivity contribution < 1.29 is 19.1 Å². The third kappa shape index (κ3) is 2.27. The zero-order chi connectivity index (χ0) is 12.4.